The first-order valence-electron chi connectivity index (χ1n) is 3.66. The van der Waals surface area contributed by atoms with Crippen LogP contribution < -0.4 is 0 Å². The minimum absolute atomic E-state index is 0. The Morgan fingerprint density at radius 1 is 1.25 bits per heavy atom. The average Bonchev–Trinajstić information content (AvgIpc) is 1.96. The second kappa shape index (κ2) is 12.8. The van der Waals surface area contributed by atoms with Crippen molar-refractivity contribution in [2.45, 2.75) is 19.8 Å². The molecule has 0 atom stereocenters. The van der Waals surface area contributed by atoms with Gasteiger partial charge < -0.3 is 21.9 Å². The molecule has 0 rings (SSSR count). The van der Waals surface area contributed by atoms with E-state index in [9.17, 15) is 0 Å². The van der Waals surface area contributed by atoms with Gasteiger partial charge >= 0.3 is 57.5 Å². The summed E-state index contributed by atoms with van der Waals surface area (Å²) in [7, 11) is -2.20. The first-order chi connectivity index (χ1) is 5.27. The van der Waals surface area contributed by atoms with Gasteiger partial charge in [-0.05, 0) is 6.42 Å². The molecule has 72 valence electrons. The summed E-state index contributed by atoms with van der Waals surface area (Å²) in [6, 6.07) is 0. The van der Waals surface area contributed by atoms with Gasteiger partial charge in [0, 0.05) is 6.61 Å². The molecule has 12 heavy (non-hydrogen) atoms. The molecule has 0 amide bonds. The van der Waals surface area contributed by atoms with E-state index in [-0.39, 0.29) is 58.3 Å². The average molecular weight is 322 g/mol. The van der Waals surface area contributed by atoms with Crippen LogP contribution in [-0.4, -0.2) is 78.5 Å². The Kier molecular flexibility index (Phi) is 17.4. The minimum atomic E-state index is -2.20. The van der Waals surface area contributed by atoms with Crippen molar-refractivity contribution in [3.05, 3.63) is 0 Å². The Morgan fingerprint density at radius 2 is 1.92 bits per heavy atom. The predicted molar refractivity (Wildman–Crippen MR) is 51.0 cm³/mol. The van der Waals surface area contributed by atoms with E-state index in [1.165, 1.54) is 0 Å². The summed E-state index contributed by atoms with van der Waals surface area (Å²) in [6.45, 7) is 3.48. The molecule has 0 spiro atoms. The zero-order chi connectivity index (χ0) is 8.53. The van der Waals surface area contributed by atoms with Crippen molar-refractivity contribution < 1.29 is 21.9 Å². The molecule has 4 nitrogen and oxygen atoms in total. The van der Waals surface area contributed by atoms with E-state index in [0.717, 1.165) is 12.8 Å². The van der Waals surface area contributed by atoms with Gasteiger partial charge in [0.2, 0.25) is 0 Å². The van der Waals surface area contributed by atoms with Crippen molar-refractivity contribution in [3.63, 3.8) is 0 Å². The Bertz CT molecular complexity index is 92.2. The van der Waals surface area contributed by atoms with E-state index < -0.39 is 8.60 Å². The zero-order valence-corrected chi connectivity index (χ0v) is 12.7. The molecule has 0 saturated heterocycles. The maximum absolute atomic E-state index is 8.30. The molecule has 6 heteroatoms. The van der Waals surface area contributed by atoms with Crippen LogP contribution in [0, 0.1) is 0 Å². The predicted octanol–water partition coefficient (Wildman–Crippen LogP) is 0.875. The van der Waals surface area contributed by atoms with E-state index in [1.54, 1.807) is 0 Å². The summed E-state index contributed by atoms with van der Waals surface area (Å²) in [4.78, 5) is 16.6. The van der Waals surface area contributed by atoms with Gasteiger partial charge in [0.1, 0.15) is 0 Å². The maximum Gasteiger partial charge on any atom is 2.00 e. The van der Waals surface area contributed by atoms with Gasteiger partial charge in [-0.2, -0.15) is 0 Å². The van der Waals surface area contributed by atoms with Gasteiger partial charge in [-0.25, -0.2) is 0 Å². The fraction of sp³-hybridized carbons (Fsp3) is 1.00. The van der Waals surface area contributed by atoms with Gasteiger partial charge in [0.15, 0.2) is 0 Å². The van der Waals surface area contributed by atoms with E-state index in [1.807, 2.05) is 0 Å². The quantitative estimate of drug-likeness (QED) is 0.415. The van der Waals surface area contributed by atoms with Crippen LogP contribution in [0.3, 0.4) is 0 Å². The molecule has 0 aliphatic carbocycles. The van der Waals surface area contributed by atoms with Gasteiger partial charge in [0.25, 0.3) is 0 Å². The molecule has 0 aliphatic heterocycles. The fourth-order valence-electron chi connectivity index (χ4n) is 0.526. The second-order valence-corrected chi connectivity index (χ2v) is 2.82. The number of ether oxygens (including phenoxy) is 1. The fourth-order valence-corrected chi connectivity index (χ4v) is 0.764. The largest absolute Gasteiger partial charge is 2.00 e. The molecule has 0 saturated carbocycles. The van der Waals surface area contributed by atoms with Crippen LogP contribution in [0.15, 0.2) is 0 Å². The molecule has 0 heterocycles. The van der Waals surface area contributed by atoms with Crippen molar-refractivity contribution in [1.29, 1.82) is 0 Å². The number of unbranched alkanes of at least 4 members (excludes halogenated alkanes) is 1. The molecule has 0 fully saturated rings. The Hall–Kier alpha value is 1.84. The van der Waals surface area contributed by atoms with E-state index in [0.29, 0.717) is 13.2 Å². The Balaban J connectivity index is -0.000000167. The second-order valence-electron chi connectivity index (χ2n) is 2.05. The molecule has 0 aromatic rings. The van der Waals surface area contributed by atoms with Crippen LogP contribution >= 0.6 is 8.60 Å². The minimum Gasteiger partial charge on any atom is -1.00 e. The standard InChI is InChI=1S/C6H15O4P.Ba.2H/c1-2-3-4-9-5-6-10-11(7)8;;;/h7-8H,2-6H2,1H3;;;/q;+2;2*-1. The number of hydrogen-bond donors (Lipinski definition) is 2. The first kappa shape index (κ1) is 16.3. The monoisotopic (exact) mass is 322 g/mol. The molecule has 2 N–H and O–H groups in total. The van der Waals surface area contributed by atoms with E-state index in [2.05, 4.69) is 11.4 Å². The zero-order valence-electron chi connectivity index (χ0n) is 9.40. The van der Waals surface area contributed by atoms with Crippen molar-refractivity contribution in [1.82, 2.24) is 0 Å². The molecular formula is C6H17BaO4P. The summed E-state index contributed by atoms with van der Waals surface area (Å²) in [5, 5.41) is 0. The molecule has 0 unspecified atom stereocenters. The Morgan fingerprint density at radius 3 is 2.42 bits per heavy atom. The normalized spacial score (nSPS) is 10.0. The van der Waals surface area contributed by atoms with Crippen LogP contribution in [0.4, 0.5) is 0 Å². The van der Waals surface area contributed by atoms with Crippen molar-refractivity contribution >= 4 is 57.5 Å². The van der Waals surface area contributed by atoms with Crippen LogP contribution in [0.2, 0.25) is 0 Å². The van der Waals surface area contributed by atoms with E-state index in [4.69, 9.17) is 14.5 Å². The third-order valence-corrected chi connectivity index (χ3v) is 1.49. The number of hydrogen-bond acceptors (Lipinski definition) is 4. The SMILES string of the molecule is CCCCOCCOP(O)O.[Ba+2].[H-].[H-]. The van der Waals surface area contributed by atoms with Crippen LogP contribution in [-0.2, 0) is 9.26 Å². The molecule has 0 aromatic carbocycles. The van der Waals surface area contributed by atoms with Crippen molar-refractivity contribution in [2.75, 3.05) is 19.8 Å². The molecule has 0 radical (unpaired) electrons. The van der Waals surface area contributed by atoms with E-state index >= 15 is 0 Å². The van der Waals surface area contributed by atoms with Crippen molar-refractivity contribution in [2.24, 2.45) is 0 Å². The van der Waals surface area contributed by atoms with Gasteiger partial charge in [0.05, 0.1) is 13.2 Å². The van der Waals surface area contributed by atoms with Gasteiger partial charge in [-0.3, -0.25) is 0 Å². The van der Waals surface area contributed by atoms with Crippen molar-refractivity contribution in [3.8, 4) is 0 Å². The summed E-state index contributed by atoms with van der Waals surface area (Å²) in [5.41, 5.74) is 0. The van der Waals surface area contributed by atoms with Crippen LogP contribution in [0.25, 0.3) is 0 Å². The summed E-state index contributed by atoms with van der Waals surface area (Å²) in [6.07, 6.45) is 2.14. The smallest absolute Gasteiger partial charge is 1.00 e. The third kappa shape index (κ3) is 14.4. The number of rotatable bonds is 7. The molecular weight excluding hydrogens is 304 g/mol. The summed E-state index contributed by atoms with van der Waals surface area (Å²) in [5.74, 6) is 0. The summed E-state index contributed by atoms with van der Waals surface area (Å²) >= 11 is 0. The molecule has 0 aliphatic rings. The first-order valence-corrected chi connectivity index (χ1v) is 4.82. The molecule has 0 aromatic heterocycles. The Labute approximate surface area is 118 Å². The molecule has 0 bridgehead atoms. The topological polar surface area (TPSA) is 58.9 Å². The van der Waals surface area contributed by atoms with Gasteiger partial charge in [-0.15, -0.1) is 0 Å². The summed E-state index contributed by atoms with van der Waals surface area (Å²) < 4.78 is 9.56. The third-order valence-electron chi connectivity index (χ3n) is 1.08. The maximum atomic E-state index is 8.30. The van der Waals surface area contributed by atoms with Crippen LogP contribution in [0.5, 0.6) is 0 Å². The van der Waals surface area contributed by atoms with Gasteiger partial charge in [-0.1, -0.05) is 13.3 Å². The van der Waals surface area contributed by atoms with Crippen LogP contribution in [0.1, 0.15) is 22.6 Å².